The van der Waals surface area contributed by atoms with Crippen LogP contribution in [0.1, 0.15) is 24.2 Å². The van der Waals surface area contributed by atoms with Crippen molar-refractivity contribution < 1.29 is 32.2 Å². The molecular weight excluding hydrogens is 545 g/mol. The fourth-order valence-electron chi connectivity index (χ4n) is 4.26. The van der Waals surface area contributed by atoms with Gasteiger partial charge in [0.2, 0.25) is 15.9 Å². The Hall–Kier alpha value is -3.95. The Kier molecular flexibility index (Phi) is 8.76. The van der Waals surface area contributed by atoms with E-state index in [0.717, 1.165) is 16.4 Å². The summed E-state index contributed by atoms with van der Waals surface area (Å²) < 4.78 is 48.3. The van der Waals surface area contributed by atoms with Crippen molar-refractivity contribution in [2.75, 3.05) is 32.1 Å². The third-order valence-corrected chi connectivity index (χ3v) is 8.44. The third kappa shape index (κ3) is 6.43. The first-order valence-corrected chi connectivity index (χ1v) is 13.9. The lowest BCUT2D eigenvalue weighted by atomic mass is 9.99. The van der Waals surface area contributed by atoms with Gasteiger partial charge in [-0.25, -0.2) is 17.5 Å². The van der Waals surface area contributed by atoms with Gasteiger partial charge in [0.15, 0.2) is 0 Å². The molecule has 1 aliphatic rings. The molecule has 3 aromatic rings. The Labute approximate surface area is 230 Å². The van der Waals surface area contributed by atoms with Gasteiger partial charge in [-0.1, -0.05) is 6.92 Å². The maximum Gasteiger partial charge on any atom is 0.258 e. The third-order valence-electron chi connectivity index (χ3n) is 6.60. The van der Waals surface area contributed by atoms with Crippen molar-refractivity contribution in [2.24, 2.45) is 5.92 Å². The van der Waals surface area contributed by atoms with E-state index in [2.05, 4.69) is 20.8 Å². The number of likely N-dealkylation sites (N-methyl/N-ethyl adjacent to an activating group) is 1. The summed E-state index contributed by atoms with van der Waals surface area (Å²) in [4.78, 5) is 27.5. The van der Waals surface area contributed by atoms with Crippen LogP contribution in [0.2, 0.25) is 0 Å². The van der Waals surface area contributed by atoms with Gasteiger partial charge in [-0.3, -0.25) is 9.59 Å². The molecule has 0 unspecified atom stereocenters. The van der Waals surface area contributed by atoms with E-state index < -0.39 is 39.8 Å². The van der Waals surface area contributed by atoms with Crippen LogP contribution in [0.4, 0.5) is 10.1 Å². The molecule has 2 heterocycles. The van der Waals surface area contributed by atoms with E-state index in [-0.39, 0.29) is 48.4 Å². The van der Waals surface area contributed by atoms with Gasteiger partial charge in [0.1, 0.15) is 30.5 Å². The number of aliphatic hydroxyl groups excluding tert-OH is 1. The number of anilines is 1. The average molecular weight is 576 g/mol. The van der Waals surface area contributed by atoms with E-state index in [4.69, 9.17) is 4.74 Å². The minimum atomic E-state index is -3.96. The molecule has 15 heteroatoms. The number of amides is 2. The SMILES string of the molecule is C[C@H]1CN([C@@H](C)CO)C(=O)c2cc(NC(=O)Cn3cnnn3)ccc2O[C@@H]1CN(C)S(=O)(=O)c1ccc(F)cc1. The maximum atomic E-state index is 13.6. The minimum absolute atomic E-state index is 0.0666. The molecule has 1 aliphatic heterocycles. The number of hydrogen-bond donors (Lipinski definition) is 2. The number of halogens is 1. The van der Waals surface area contributed by atoms with Gasteiger partial charge in [-0.2, -0.15) is 4.31 Å². The lowest BCUT2D eigenvalue weighted by molar-refractivity contribution is -0.116. The number of rotatable bonds is 9. The second-order valence-electron chi connectivity index (χ2n) is 9.63. The zero-order valence-electron chi connectivity index (χ0n) is 22.1. The smallest absolute Gasteiger partial charge is 0.258 e. The first-order chi connectivity index (χ1) is 19.0. The van der Waals surface area contributed by atoms with Crippen molar-refractivity contribution in [1.82, 2.24) is 29.4 Å². The number of nitrogens with one attached hydrogen (secondary N) is 1. The first kappa shape index (κ1) is 29.0. The Bertz CT molecular complexity index is 1450. The Balaban J connectivity index is 1.62. The number of aromatic nitrogens is 4. The van der Waals surface area contributed by atoms with Crippen LogP contribution < -0.4 is 10.1 Å². The van der Waals surface area contributed by atoms with Gasteiger partial charge < -0.3 is 20.1 Å². The van der Waals surface area contributed by atoms with E-state index in [1.807, 2.05) is 6.92 Å². The van der Waals surface area contributed by atoms with Crippen LogP contribution in [0, 0.1) is 11.7 Å². The zero-order chi connectivity index (χ0) is 29.0. The number of hydrogen-bond acceptors (Lipinski definition) is 9. The number of fused-ring (bicyclic) bond motifs is 1. The molecule has 0 aliphatic carbocycles. The molecule has 2 N–H and O–H groups in total. The number of carbonyl (C=O) groups is 2. The average Bonchev–Trinajstić information content (AvgIpc) is 3.43. The predicted octanol–water partition coefficient (Wildman–Crippen LogP) is 0.992. The summed E-state index contributed by atoms with van der Waals surface area (Å²) in [5, 5.41) is 23.1. The molecule has 4 rings (SSSR count). The predicted molar refractivity (Wildman–Crippen MR) is 140 cm³/mol. The number of benzene rings is 2. The Morgan fingerprint density at radius 2 is 2.00 bits per heavy atom. The second-order valence-corrected chi connectivity index (χ2v) is 11.7. The summed E-state index contributed by atoms with van der Waals surface area (Å²) in [6.07, 6.45) is 0.598. The van der Waals surface area contributed by atoms with Crippen LogP contribution in [0.5, 0.6) is 5.75 Å². The van der Waals surface area contributed by atoms with Crippen molar-refractivity contribution in [2.45, 2.75) is 37.4 Å². The van der Waals surface area contributed by atoms with Crippen LogP contribution >= 0.6 is 0 Å². The normalized spacial score (nSPS) is 18.4. The van der Waals surface area contributed by atoms with Gasteiger partial charge in [0.05, 0.1) is 29.7 Å². The molecule has 0 fully saturated rings. The van der Waals surface area contributed by atoms with Gasteiger partial charge in [0, 0.05) is 25.2 Å². The fraction of sp³-hybridized carbons (Fsp3) is 0.400. The molecule has 0 saturated heterocycles. The molecule has 2 amide bonds. The summed E-state index contributed by atoms with van der Waals surface area (Å²) >= 11 is 0. The highest BCUT2D eigenvalue weighted by Gasteiger charge is 2.35. The number of ether oxygens (including phenoxy) is 1. The van der Waals surface area contributed by atoms with Crippen LogP contribution in [0.15, 0.2) is 53.7 Å². The number of sulfonamides is 1. The van der Waals surface area contributed by atoms with Crippen LogP contribution in [0.25, 0.3) is 0 Å². The molecule has 1 aromatic heterocycles. The quantitative estimate of drug-likeness (QED) is 0.379. The maximum absolute atomic E-state index is 13.6. The van der Waals surface area contributed by atoms with Gasteiger partial charge in [0.25, 0.3) is 5.91 Å². The minimum Gasteiger partial charge on any atom is -0.488 e. The molecule has 2 aromatic carbocycles. The second kappa shape index (κ2) is 12.1. The highest BCUT2D eigenvalue weighted by Crippen LogP contribution is 2.31. The van der Waals surface area contributed by atoms with Gasteiger partial charge in [-0.15, -0.1) is 5.10 Å². The van der Waals surface area contributed by atoms with E-state index >= 15 is 0 Å². The highest BCUT2D eigenvalue weighted by atomic mass is 32.2. The molecule has 3 atom stereocenters. The summed E-state index contributed by atoms with van der Waals surface area (Å²) in [6.45, 7) is 3.19. The summed E-state index contributed by atoms with van der Waals surface area (Å²) in [5.41, 5.74) is 0.466. The van der Waals surface area contributed by atoms with Gasteiger partial charge >= 0.3 is 0 Å². The molecule has 0 spiro atoms. The van der Waals surface area contributed by atoms with E-state index in [1.165, 1.54) is 47.2 Å². The van der Waals surface area contributed by atoms with Gasteiger partial charge in [-0.05, 0) is 59.8 Å². The van der Waals surface area contributed by atoms with Crippen LogP contribution in [-0.2, 0) is 21.4 Å². The van der Waals surface area contributed by atoms with Crippen LogP contribution in [-0.4, -0.2) is 93.6 Å². The van der Waals surface area contributed by atoms with Crippen molar-refractivity contribution >= 4 is 27.5 Å². The molecule has 40 heavy (non-hydrogen) atoms. The molecule has 214 valence electrons. The molecular formula is C25H30FN7O6S. The summed E-state index contributed by atoms with van der Waals surface area (Å²) in [6, 6.07) is 8.55. The molecule has 0 radical (unpaired) electrons. The van der Waals surface area contributed by atoms with Crippen molar-refractivity contribution in [3.05, 3.63) is 60.2 Å². The lowest BCUT2D eigenvalue weighted by Crippen LogP contribution is -2.50. The molecule has 0 bridgehead atoms. The zero-order valence-corrected chi connectivity index (χ0v) is 23.0. The monoisotopic (exact) mass is 575 g/mol. The summed E-state index contributed by atoms with van der Waals surface area (Å²) in [7, 11) is -2.56. The van der Waals surface area contributed by atoms with Crippen molar-refractivity contribution in [1.29, 1.82) is 0 Å². The number of aliphatic hydroxyl groups is 1. The summed E-state index contributed by atoms with van der Waals surface area (Å²) in [5.74, 6) is -1.53. The topological polar surface area (TPSA) is 160 Å². The standard InChI is InChI=1S/C25H30FN7O6S/c1-16-11-33(17(2)14-34)25(36)21-10-19(28-24(35)13-32-15-27-29-30-32)6-9-22(21)39-23(16)12-31(3)40(37,38)20-7-4-18(26)5-8-20/h4-10,15-17,23,34H,11-14H2,1-3H3,(H,28,35)/t16-,17-,23+/m0/s1. The van der Waals surface area contributed by atoms with Crippen molar-refractivity contribution in [3.8, 4) is 5.75 Å². The molecule has 0 saturated carbocycles. The van der Waals surface area contributed by atoms with Crippen LogP contribution in [0.3, 0.4) is 0 Å². The Morgan fingerprint density at radius 1 is 1.27 bits per heavy atom. The first-order valence-electron chi connectivity index (χ1n) is 12.4. The Morgan fingerprint density at radius 3 is 2.65 bits per heavy atom. The number of nitrogens with zero attached hydrogens (tertiary/aromatic N) is 6. The van der Waals surface area contributed by atoms with E-state index in [0.29, 0.717) is 5.69 Å². The lowest BCUT2D eigenvalue weighted by Gasteiger charge is -2.38. The highest BCUT2D eigenvalue weighted by molar-refractivity contribution is 7.89. The van der Waals surface area contributed by atoms with E-state index in [9.17, 15) is 27.5 Å². The number of carbonyl (C=O) groups excluding carboxylic acids is 2. The largest absolute Gasteiger partial charge is 0.488 e. The van der Waals surface area contributed by atoms with E-state index in [1.54, 1.807) is 13.0 Å². The molecule has 13 nitrogen and oxygen atoms in total. The fourth-order valence-corrected chi connectivity index (χ4v) is 5.44. The van der Waals surface area contributed by atoms with Crippen molar-refractivity contribution in [3.63, 3.8) is 0 Å². The number of tetrazole rings is 1.